The van der Waals surface area contributed by atoms with Crippen molar-refractivity contribution in [2.75, 3.05) is 19.8 Å². The average Bonchev–Trinajstić information content (AvgIpc) is 1.69. The summed E-state index contributed by atoms with van der Waals surface area (Å²) in [5.41, 5.74) is 5.03. The summed E-state index contributed by atoms with van der Waals surface area (Å²) in [4.78, 5) is 9.51. The Labute approximate surface area is 70.9 Å². The summed E-state index contributed by atoms with van der Waals surface area (Å²) in [6.45, 7) is 1.11. The summed E-state index contributed by atoms with van der Waals surface area (Å²) in [5, 5.41) is 0. The van der Waals surface area contributed by atoms with Gasteiger partial charge in [-0.2, -0.15) is 0 Å². The Kier molecular flexibility index (Phi) is 15.0. The zero-order chi connectivity index (χ0) is 5.54. The van der Waals surface area contributed by atoms with Gasteiger partial charge in [0.25, 0.3) is 0 Å². The molecule has 0 aliphatic rings. The first kappa shape index (κ1) is 11.4. The fourth-order valence-electron chi connectivity index (χ4n) is 0.215. The van der Waals surface area contributed by atoms with E-state index >= 15 is 0 Å². The molecule has 0 saturated heterocycles. The van der Waals surface area contributed by atoms with Crippen molar-refractivity contribution in [3.8, 4) is 0 Å². The predicted molar refractivity (Wildman–Crippen MR) is 33.1 cm³/mol. The van der Waals surface area contributed by atoms with E-state index < -0.39 is 0 Å². The minimum atomic E-state index is 0. The number of aldehydes is 1. The quantitative estimate of drug-likeness (QED) is 0.284. The molecule has 0 fully saturated rings. The molecule has 44 valence electrons. The van der Waals surface area contributed by atoms with E-state index in [0.717, 1.165) is 0 Å². The fraction of sp³-hybridized carbons (Fsp3) is 0.750. The van der Waals surface area contributed by atoms with E-state index in [1.54, 1.807) is 0 Å². The fourth-order valence-corrected chi connectivity index (χ4v) is 0.215. The Morgan fingerprint density at radius 3 is 2.62 bits per heavy atom. The number of ether oxygens (including phenoxy) is 1. The molecule has 0 saturated carbocycles. The molecular formula is C4H10NNaO2. The Bertz CT molecular complexity index is 51.3. The van der Waals surface area contributed by atoms with Gasteiger partial charge in [-0.3, -0.25) is 0 Å². The van der Waals surface area contributed by atoms with Gasteiger partial charge in [-0.05, 0) is 0 Å². The third kappa shape index (κ3) is 9.77. The molecular weight excluding hydrogens is 117 g/mol. The predicted octanol–water partition coefficient (Wildman–Crippen LogP) is -1.49. The van der Waals surface area contributed by atoms with Crippen LogP contribution in [0.2, 0.25) is 0 Å². The molecule has 0 unspecified atom stereocenters. The number of nitrogens with two attached hydrogens (primary N) is 1. The molecule has 8 heavy (non-hydrogen) atoms. The van der Waals surface area contributed by atoms with Crippen LogP contribution in [-0.4, -0.2) is 55.6 Å². The molecule has 0 heterocycles. The number of hydrogen-bond donors (Lipinski definition) is 1. The van der Waals surface area contributed by atoms with Crippen molar-refractivity contribution in [3.63, 3.8) is 0 Å². The van der Waals surface area contributed by atoms with E-state index in [4.69, 9.17) is 5.73 Å². The van der Waals surface area contributed by atoms with Gasteiger partial charge in [0.1, 0.15) is 12.9 Å². The normalized spacial score (nSPS) is 7.62. The standard InChI is InChI=1S/C4H9NO2.Na.H/c5-1-3-7-4-2-6;;/h2H,1,3-5H2;;. The molecule has 0 aromatic carbocycles. The van der Waals surface area contributed by atoms with Crippen LogP contribution in [0.5, 0.6) is 0 Å². The Morgan fingerprint density at radius 2 is 2.25 bits per heavy atom. The van der Waals surface area contributed by atoms with E-state index in [0.29, 0.717) is 19.4 Å². The first-order chi connectivity index (χ1) is 3.41. The van der Waals surface area contributed by atoms with Crippen LogP contribution < -0.4 is 5.73 Å². The van der Waals surface area contributed by atoms with Crippen LogP contribution in [0.15, 0.2) is 0 Å². The summed E-state index contributed by atoms with van der Waals surface area (Å²) in [7, 11) is 0. The minimum absolute atomic E-state index is 0. The SMILES string of the molecule is NCCOCC=O.[NaH]. The van der Waals surface area contributed by atoms with Gasteiger partial charge in [0.2, 0.25) is 0 Å². The van der Waals surface area contributed by atoms with E-state index in [1.165, 1.54) is 0 Å². The van der Waals surface area contributed by atoms with Gasteiger partial charge in [0.05, 0.1) is 6.61 Å². The van der Waals surface area contributed by atoms with Crippen LogP contribution in [-0.2, 0) is 9.53 Å². The number of carbonyl (C=O) groups is 1. The van der Waals surface area contributed by atoms with Crippen molar-refractivity contribution in [2.45, 2.75) is 0 Å². The Hall–Kier alpha value is 0.590. The molecule has 0 aliphatic carbocycles. The molecule has 0 aromatic heterocycles. The Balaban J connectivity index is 0. The van der Waals surface area contributed by atoms with E-state index in [9.17, 15) is 4.79 Å². The van der Waals surface area contributed by atoms with Gasteiger partial charge in [-0.25, -0.2) is 0 Å². The second kappa shape index (κ2) is 10.5. The van der Waals surface area contributed by atoms with Gasteiger partial charge in [0, 0.05) is 6.54 Å². The third-order valence-electron chi connectivity index (χ3n) is 0.448. The number of carbonyl (C=O) groups excluding carboxylic acids is 1. The van der Waals surface area contributed by atoms with Crippen molar-refractivity contribution < 1.29 is 9.53 Å². The van der Waals surface area contributed by atoms with Crippen LogP contribution >= 0.6 is 0 Å². The Morgan fingerprint density at radius 1 is 1.62 bits per heavy atom. The van der Waals surface area contributed by atoms with Crippen molar-refractivity contribution in [2.24, 2.45) is 5.73 Å². The van der Waals surface area contributed by atoms with E-state index in [2.05, 4.69) is 4.74 Å². The summed E-state index contributed by atoms with van der Waals surface area (Å²) >= 11 is 0. The zero-order valence-electron chi connectivity index (χ0n) is 4.09. The summed E-state index contributed by atoms with van der Waals surface area (Å²) < 4.78 is 4.64. The summed E-state index contributed by atoms with van der Waals surface area (Å²) in [6, 6.07) is 0. The molecule has 4 heteroatoms. The first-order valence-electron chi connectivity index (χ1n) is 2.13. The number of rotatable bonds is 4. The third-order valence-corrected chi connectivity index (χ3v) is 0.448. The van der Waals surface area contributed by atoms with Crippen LogP contribution in [0.3, 0.4) is 0 Å². The maximum atomic E-state index is 9.51. The summed E-state index contributed by atoms with van der Waals surface area (Å²) in [5.74, 6) is 0. The number of hydrogen-bond acceptors (Lipinski definition) is 3. The maximum absolute atomic E-state index is 9.51. The molecule has 0 atom stereocenters. The van der Waals surface area contributed by atoms with Crippen LogP contribution in [0.1, 0.15) is 0 Å². The molecule has 0 bridgehead atoms. The van der Waals surface area contributed by atoms with Gasteiger partial charge < -0.3 is 15.3 Å². The van der Waals surface area contributed by atoms with Crippen LogP contribution in [0.4, 0.5) is 0 Å². The molecule has 0 aliphatic heterocycles. The van der Waals surface area contributed by atoms with Crippen molar-refractivity contribution in [3.05, 3.63) is 0 Å². The summed E-state index contributed by atoms with van der Waals surface area (Å²) in [6.07, 6.45) is 0.704. The molecule has 0 radical (unpaired) electrons. The van der Waals surface area contributed by atoms with Gasteiger partial charge >= 0.3 is 29.6 Å². The molecule has 0 spiro atoms. The van der Waals surface area contributed by atoms with Crippen LogP contribution in [0, 0.1) is 0 Å². The van der Waals surface area contributed by atoms with Crippen LogP contribution in [0.25, 0.3) is 0 Å². The molecule has 0 aromatic rings. The van der Waals surface area contributed by atoms with Crippen molar-refractivity contribution in [1.82, 2.24) is 0 Å². The second-order valence-corrected chi connectivity index (χ2v) is 1.03. The van der Waals surface area contributed by atoms with Crippen molar-refractivity contribution >= 4 is 35.8 Å². The molecule has 0 rings (SSSR count). The molecule has 3 nitrogen and oxygen atoms in total. The van der Waals surface area contributed by atoms with Gasteiger partial charge in [0.15, 0.2) is 0 Å². The monoisotopic (exact) mass is 127 g/mol. The molecule has 0 amide bonds. The van der Waals surface area contributed by atoms with E-state index in [-0.39, 0.29) is 36.2 Å². The van der Waals surface area contributed by atoms with Gasteiger partial charge in [-0.15, -0.1) is 0 Å². The van der Waals surface area contributed by atoms with Crippen molar-refractivity contribution in [1.29, 1.82) is 0 Å². The zero-order valence-corrected chi connectivity index (χ0v) is 4.09. The first-order valence-corrected chi connectivity index (χ1v) is 2.13. The molecule has 2 N–H and O–H groups in total. The second-order valence-electron chi connectivity index (χ2n) is 1.03. The van der Waals surface area contributed by atoms with E-state index in [1.807, 2.05) is 0 Å². The average molecular weight is 127 g/mol. The topological polar surface area (TPSA) is 52.3 Å². The van der Waals surface area contributed by atoms with Gasteiger partial charge in [-0.1, -0.05) is 0 Å².